The van der Waals surface area contributed by atoms with E-state index in [0.717, 1.165) is 11.3 Å². The average Bonchev–Trinajstić information content (AvgIpc) is 2.62. The number of rotatable bonds is 5. The van der Waals surface area contributed by atoms with E-state index in [2.05, 4.69) is 5.32 Å². The smallest absolute Gasteiger partial charge is 0.274 e. The molecule has 0 bridgehead atoms. The molecule has 3 rings (SSSR count). The summed E-state index contributed by atoms with van der Waals surface area (Å²) >= 11 is 0. The minimum Gasteiger partial charge on any atom is -0.497 e. The van der Waals surface area contributed by atoms with E-state index in [4.69, 9.17) is 4.74 Å². The Kier molecular flexibility index (Phi) is 4.56. The van der Waals surface area contributed by atoms with Crippen molar-refractivity contribution in [3.8, 4) is 5.75 Å². The van der Waals surface area contributed by atoms with Crippen LogP contribution >= 0.6 is 0 Å². The maximum atomic E-state index is 12.8. The van der Waals surface area contributed by atoms with Gasteiger partial charge in [-0.2, -0.15) is 0 Å². The van der Waals surface area contributed by atoms with E-state index in [1.165, 1.54) is 10.6 Å². The predicted octanol–water partition coefficient (Wildman–Crippen LogP) is 1.47. The molecule has 1 aliphatic heterocycles. The number of hydrogen-bond donors (Lipinski definition) is 1. The second kappa shape index (κ2) is 6.80. The molecule has 1 unspecified atom stereocenters. The van der Waals surface area contributed by atoms with Gasteiger partial charge in [0, 0.05) is 19.1 Å². The number of ether oxygens (including phenoxy) is 1. The average molecular weight is 341 g/mol. The number of fused-ring (bicyclic) bond motifs is 1. The van der Waals surface area contributed by atoms with E-state index < -0.39 is 0 Å². The topological polar surface area (TPSA) is 80.6 Å². The van der Waals surface area contributed by atoms with Crippen molar-refractivity contribution in [2.75, 3.05) is 12.4 Å². The molecule has 1 aromatic heterocycles. The predicted molar refractivity (Wildman–Crippen MR) is 92.7 cm³/mol. The number of anilines is 1. The van der Waals surface area contributed by atoms with Crippen molar-refractivity contribution in [3.05, 3.63) is 58.0 Å². The summed E-state index contributed by atoms with van der Waals surface area (Å²) in [7, 11) is 1.60. The second-order valence-corrected chi connectivity index (χ2v) is 5.94. The maximum absolute atomic E-state index is 12.8. The summed E-state index contributed by atoms with van der Waals surface area (Å²) < 4.78 is 6.56. The lowest BCUT2D eigenvalue weighted by atomic mass is 10.1. The Balaban J connectivity index is 1.89. The first kappa shape index (κ1) is 16.8. The van der Waals surface area contributed by atoms with Crippen LogP contribution in [0.25, 0.3) is 0 Å². The summed E-state index contributed by atoms with van der Waals surface area (Å²) in [6, 6.07) is 10.4. The lowest BCUT2D eigenvalue weighted by Gasteiger charge is -2.35. The SMILES string of the molecule is COc1ccc(CN2C(=O)c3ccc(NC=O)c(=O)n3CC2C)cc1. The molecule has 2 heterocycles. The van der Waals surface area contributed by atoms with Gasteiger partial charge in [-0.1, -0.05) is 12.1 Å². The molecule has 0 saturated heterocycles. The highest BCUT2D eigenvalue weighted by Crippen LogP contribution is 2.21. The number of carbonyl (C=O) groups is 2. The van der Waals surface area contributed by atoms with Crippen LogP contribution in [0.5, 0.6) is 5.75 Å². The van der Waals surface area contributed by atoms with Gasteiger partial charge in [-0.15, -0.1) is 0 Å². The number of amides is 2. The van der Waals surface area contributed by atoms with Crippen molar-refractivity contribution in [1.82, 2.24) is 9.47 Å². The lowest BCUT2D eigenvalue weighted by Crippen LogP contribution is -2.49. The van der Waals surface area contributed by atoms with Crippen molar-refractivity contribution in [1.29, 1.82) is 0 Å². The number of pyridine rings is 1. The van der Waals surface area contributed by atoms with E-state index in [1.807, 2.05) is 31.2 Å². The molecule has 0 radical (unpaired) electrons. The van der Waals surface area contributed by atoms with Crippen molar-refractivity contribution in [3.63, 3.8) is 0 Å². The molecule has 0 aliphatic carbocycles. The van der Waals surface area contributed by atoms with Crippen LogP contribution in [0.2, 0.25) is 0 Å². The number of nitrogens with zero attached hydrogens (tertiary/aromatic N) is 2. The molecular weight excluding hydrogens is 322 g/mol. The van der Waals surface area contributed by atoms with Crippen molar-refractivity contribution >= 4 is 18.0 Å². The van der Waals surface area contributed by atoms with Gasteiger partial charge >= 0.3 is 0 Å². The van der Waals surface area contributed by atoms with Crippen molar-refractivity contribution in [2.24, 2.45) is 0 Å². The summed E-state index contributed by atoms with van der Waals surface area (Å²) in [5.74, 6) is 0.554. The van der Waals surface area contributed by atoms with Crippen LogP contribution in [-0.4, -0.2) is 34.9 Å². The number of hydrogen-bond acceptors (Lipinski definition) is 4. The molecule has 7 heteroatoms. The lowest BCUT2D eigenvalue weighted by molar-refractivity contribution is -0.105. The highest BCUT2D eigenvalue weighted by Gasteiger charge is 2.30. The molecule has 0 fully saturated rings. The minimum atomic E-state index is -0.367. The van der Waals surface area contributed by atoms with E-state index in [0.29, 0.717) is 25.2 Å². The Hall–Kier alpha value is -3.09. The van der Waals surface area contributed by atoms with Gasteiger partial charge in [0.25, 0.3) is 11.5 Å². The summed E-state index contributed by atoms with van der Waals surface area (Å²) in [5, 5.41) is 2.37. The molecule has 130 valence electrons. The van der Waals surface area contributed by atoms with E-state index in [1.54, 1.807) is 18.1 Å². The minimum absolute atomic E-state index is 0.147. The molecule has 1 N–H and O–H groups in total. The van der Waals surface area contributed by atoms with Crippen LogP contribution in [0.1, 0.15) is 23.0 Å². The Morgan fingerprint density at radius 2 is 1.92 bits per heavy atom. The monoisotopic (exact) mass is 341 g/mol. The molecule has 1 aliphatic rings. The highest BCUT2D eigenvalue weighted by molar-refractivity contribution is 5.94. The van der Waals surface area contributed by atoms with Crippen molar-refractivity contribution < 1.29 is 14.3 Å². The molecular formula is C18H19N3O4. The zero-order valence-electron chi connectivity index (χ0n) is 14.1. The Morgan fingerprint density at radius 1 is 1.20 bits per heavy atom. The van der Waals surface area contributed by atoms with Gasteiger partial charge in [0.2, 0.25) is 6.41 Å². The van der Waals surface area contributed by atoms with E-state index >= 15 is 0 Å². The Bertz CT molecular complexity index is 858. The van der Waals surface area contributed by atoms with Crippen LogP contribution in [0, 0.1) is 0 Å². The van der Waals surface area contributed by atoms with Crippen LogP contribution in [0.3, 0.4) is 0 Å². The number of carbonyl (C=O) groups excluding carboxylic acids is 2. The van der Waals surface area contributed by atoms with Crippen LogP contribution in [0.15, 0.2) is 41.2 Å². The quantitative estimate of drug-likeness (QED) is 0.835. The molecule has 1 atom stereocenters. The van der Waals surface area contributed by atoms with Gasteiger partial charge in [-0.25, -0.2) is 0 Å². The summed E-state index contributed by atoms with van der Waals surface area (Å²) in [6.45, 7) is 2.73. The summed E-state index contributed by atoms with van der Waals surface area (Å²) in [5.41, 5.74) is 1.11. The van der Waals surface area contributed by atoms with Gasteiger partial charge in [0.1, 0.15) is 17.1 Å². The molecule has 25 heavy (non-hydrogen) atoms. The van der Waals surface area contributed by atoms with Gasteiger partial charge in [-0.3, -0.25) is 14.4 Å². The summed E-state index contributed by atoms with van der Waals surface area (Å²) in [6.07, 6.45) is 0.452. The number of methoxy groups -OCH3 is 1. The first-order valence-electron chi connectivity index (χ1n) is 7.93. The fourth-order valence-electron chi connectivity index (χ4n) is 2.99. The second-order valence-electron chi connectivity index (χ2n) is 5.94. The molecule has 7 nitrogen and oxygen atoms in total. The van der Waals surface area contributed by atoms with Crippen LogP contribution in [-0.2, 0) is 17.9 Å². The molecule has 1 aromatic carbocycles. The Labute approximate surface area is 144 Å². The van der Waals surface area contributed by atoms with E-state index in [9.17, 15) is 14.4 Å². The third-order valence-electron chi connectivity index (χ3n) is 4.36. The Morgan fingerprint density at radius 3 is 2.56 bits per heavy atom. The fraction of sp³-hybridized carbons (Fsp3) is 0.278. The summed E-state index contributed by atoms with van der Waals surface area (Å²) in [4.78, 5) is 37.5. The number of nitrogens with one attached hydrogen (secondary N) is 1. The first-order valence-corrected chi connectivity index (χ1v) is 7.93. The number of aromatic nitrogens is 1. The third-order valence-corrected chi connectivity index (χ3v) is 4.36. The van der Waals surface area contributed by atoms with Crippen LogP contribution < -0.4 is 15.6 Å². The largest absolute Gasteiger partial charge is 0.497 e. The zero-order chi connectivity index (χ0) is 18.0. The number of benzene rings is 1. The van der Waals surface area contributed by atoms with Gasteiger partial charge in [0.15, 0.2) is 0 Å². The maximum Gasteiger partial charge on any atom is 0.274 e. The molecule has 0 saturated carbocycles. The van der Waals surface area contributed by atoms with Crippen LogP contribution in [0.4, 0.5) is 5.69 Å². The van der Waals surface area contributed by atoms with E-state index in [-0.39, 0.29) is 23.2 Å². The highest BCUT2D eigenvalue weighted by atomic mass is 16.5. The standard InChI is InChI=1S/C18H19N3O4/c1-12-9-21-16(8-7-15(17(21)23)19-11-22)18(24)20(12)10-13-3-5-14(25-2)6-4-13/h3-8,11-12H,9-10H2,1-2H3,(H,19,22). The molecule has 0 spiro atoms. The zero-order valence-corrected chi connectivity index (χ0v) is 14.1. The molecule has 2 amide bonds. The first-order chi connectivity index (χ1) is 12.0. The normalized spacial score (nSPS) is 16.3. The van der Waals surface area contributed by atoms with Crippen molar-refractivity contribution in [2.45, 2.75) is 26.1 Å². The molecule has 2 aromatic rings. The van der Waals surface area contributed by atoms with Gasteiger partial charge < -0.3 is 19.5 Å². The van der Waals surface area contributed by atoms with Gasteiger partial charge in [-0.05, 0) is 36.8 Å². The fourth-order valence-corrected chi connectivity index (χ4v) is 2.99. The van der Waals surface area contributed by atoms with Gasteiger partial charge in [0.05, 0.1) is 7.11 Å². The third kappa shape index (κ3) is 3.13.